The molecule has 2 N–H and O–H groups in total. The standard InChI is InChI=1S/C15H24O5/c1-10(16)20-14-8-5-3-2-4-6-11(14)15(18)12(17)7-9-19-13(14)15/h11-13,17-18H,2-9H2,1H3/t11-,12+,13+,14+,15+/m1/s1. The minimum absolute atomic E-state index is 0.209. The number of aliphatic hydroxyl groups excluding tert-OH is 1. The SMILES string of the molecule is CC(=O)O[C@@]12CCCCCC[C@H]1[C@]1(O)[C@@H](O)CCO[C@@H]21. The lowest BCUT2D eigenvalue weighted by atomic mass is 9.49. The predicted molar refractivity (Wildman–Crippen MR) is 71.0 cm³/mol. The van der Waals surface area contributed by atoms with Crippen molar-refractivity contribution in [3.05, 3.63) is 0 Å². The normalized spacial score (nSPS) is 48.0. The fraction of sp³-hybridized carbons (Fsp3) is 0.933. The lowest BCUT2D eigenvalue weighted by Gasteiger charge is -2.67. The predicted octanol–water partition coefficient (Wildman–Crippen LogP) is 1.15. The van der Waals surface area contributed by atoms with E-state index in [0.29, 0.717) is 13.0 Å². The Labute approximate surface area is 119 Å². The van der Waals surface area contributed by atoms with E-state index in [0.717, 1.165) is 38.5 Å². The molecule has 0 aromatic heterocycles. The van der Waals surface area contributed by atoms with Gasteiger partial charge in [0.2, 0.25) is 0 Å². The second-order valence-electron chi connectivity index (χ2n) is 6.50. The van der Waals surface area contributed by atoms with Gasteiger partial charge in [-0.25, -0.2) is 0 Å². The van der Waals surface area contributed by atoms with Gasteiger partial charge in [-0.3, -0.25) is 4.79 Å². The Kier molecular flexibility index (Phi) is 3.55. The van der Waals surface area contributed by atoms with Crippen LogP contribution in [-0.2, 0) is 14.3 Å². The highest BCUT2D eigenvalue weighted by Crippen LogP contribution is 2.60. The molecule has 0 spiro atoms. The van der Waals surface area contributed by atoms with E-state index < -0.39 is 23.4 Å². The molecule has 2 aliphatic carbocycles. The van der Waals surface area contributed by atoms with E-state index in [4.69, 9.17) is 9.47 Å². The fourth-order valence-electron chi connectivity index (χ4n) is 4.59. The molecule has 3 aliphatic rings. The number of ether oxygens (including phenoxy) is 2. The number of hydrogen-bond donors (Lipinski definition) is 2. The fourth-order valence-corrected chi connectivity index (χ4v) is 4.59. The minimum Gasteiger partial charge on any atom is -0.456 e. The van der Waals surface area contributed by atoms with Gasteiger partial charge in [-0.15, -0.1) is 0 Å². The summed E-state index contributed by atoms with van der Waals surface area (Å²) in [5.74, 6) is -0.541. The van der Waals surface area contributed by atoms with Crippen LogP contribution in [0.1, 0.15) is 51.9 Å². The molecule has 3 rings (SSSR count). The third-order valence-electron chi connectivity index (χ3n) is 5.37. The van der Waals surface area contributed by atoms with Crippen LogP contribution in [0.2, 0.25) is 0 Å². The molecule has 1 aliphatic heterocycles. The Morgan fingerprint density at radius 3 is 2.75 bits per heavy atom. The van der Waals surface area contributed by atoms with Crippen LogP contribution in [-0.4, -0.2) is 46.2 Å². The molecule has 114 valence electrons. The maximum Gasteiger partial charge on any atom is 0.303 e. The summed E-state index contributed by atoms with van der Waals surface area (Å²) in [4.78, 5) is 11.5. The summed E-state index contributed by atoms with van der Waals surface area (Å²) in [7, 11) is 0. The first-order valence-electron chi connectivity index (χ1n) is 7.73. The van der Waals surface area contributed by atoms with Gasteiger partial charge in [0.15, 0.2) is 0 Å². The van der Waals surface area contributed by atoms with Crippen LogP contribution in [0, 0.1) is 5.92 Å². The molecule has 20 heavy (non-hydrogen) atoms. The van der Waals surface area contributed by atoms with Crippen molar-refractivity contribution in [2.24, 2.45) is 5.92 Å². The second kappa shape index (κ2) is 4.97. The minimum atomic E-state index is -1.25. The van der Waals surface area contributed by atoms with Crippen LogP contribution in [0.15, 0.2) is 0 Å². The van der Waals surface area contributed by atoms with Crippen LogP contribution in [0.25, 0.3) is 0 Å². The summed E-state index contributed by atoms with van der Waals surface area (Å²) in [6.07, 6.45) is 4.79. The third kappa shape index (κ3) is 1.83. The van der Waals surface area contributed by atoms with Crippen LogP contribution < -0.4 is 0 Å². The molecule has 2 saturated carbocycles. The molecule has 0 unspecified atom stereocenters. The van der Waals surface area contributed by atoms with Gasteiger partial charge in [0.25, 0.3) is 0 Å². The molecule has 5 atom stereocenters. The molecular formula is C15H24O5. The lowest BCUT2D eigenvalue weighted by molar-refractivity contribution is -0.376. The van der Waals surface area contributed by atoms with Crippen LogP contribution in [0.5, 0.6) is 0 Å². The van der Waals surface area contributed by atoms with Gasteiger partial charge in [0.05, 0.1) is 6.10 Å². The van der Waals surface area contributed by atoms with E-state index in [-0.39, 0.29) is 11.9 Å². The van der Waals surface area contributed by atoms with Crippen LogP contribution in [0.4, 0.5) is 0 Å². The van der Waals surface area contributed by atoms with E-state index in [1.807, 2.05) is 0 Å². The van der Waals surface area contributed by atoms with Crippen LogP contribution >= 0.6 is 0 Å². The summed E-state index contributed by atoms with van der Waals surface area (Å²) < 4.78 is 11.4. The summed E-state index contributed by atoms with van der Waals surface area (Å²) in [5.41, 5.74) is -1.98. The van der Waals surface area contributed by atoms with E-state index in [1.165, 1.54) is 6.92 Å². The highest BCUT2D eigenvalue weighted by Gasteiger charge is 2.76. The number of rotatable bonds is 1. The summed E-state index contributed by atoms with van der Waals surface area (Å²) in [5, 5.41) is 21.2. The first-order chi connectivity index (χ1) is 9.52. The highest BCUT2D eigenvalue weighted by molar-refractivity contribution is 5.67. The van der Waals surface area contributed by atoms with Crippen molar-refractivity contribution < 1.29 is 24.5 Å². The van der Waals surface area contributed by atoms with Crippen molar-refractivity contribution in [2.45, 2.75) is 75.3 Å². The maximum atomic E-state index is 11.5. The lowest BCUT2D eigenvalue weighted by Crippen LogP contribution is -2.84. The highest BCUT2D eigenvalue weighted by atomic mass is 16.6. The molecule has 0 aromatic rings. The average Bonchev–Trinajstić information content (AvgIpc) is 2.36. The molecule has 0 aromatic carbocycles. The third-order valence-corrected chi connectivity index (χ3v) is 5.37. The number of fused-ring (bicyclic) bond motifs is 4. The van der Waals surface area contributed by atoms with Gasteiger partial charge in [-0.2, -0.15) is 0 Å². The van der Waals surface area contributed by atoms with Crippen molar-refractivity contribution in [1.82, 2.24) is 0 Å². The molecule has 3 fully saturated rings. The Hall–Kier alpha value is -0.650. The Morgan fingerprint density at radius 1 is 1.25 bits per heavy atom. The second-order valence-corrected chi connectivity index (χ2v) is 6.50. The van der Waals surface area contributed by atoms with Gasteiger partial charge in [-0.1, -0.05) is 19.3 Å². The van der Waals surface area contributed by atoms with E-state index in [2.05, 4.69) is 0 Å². The Morgan fingerprint density at radius 2 is 2.00 bits per heavy atom. The first kappa shape index (κ1) is 14.3. The molecule has 1 heterocycles. The maximum absolute atomic E-state index is 11.5. The summed E-state index contributed by atoms with van der Waals surface area (Å²) in [6, 6.07) is 0. The van der Waals surface area contributed by atoms with Crippen molar-refractivity contribution in [3.63, 3.8) is 0 Å². The van der Waals surface area contributed by atoms with Gasteiger partial charge >= 0.3 is 5.97 Å². The van der Waals surface area contributed by atoms with Crippen molar-refractivity contribution >= 4 is 5.97 Å². The van der Waals surface area contributed by atoms with Crippen molar-refractivity contribution in [3.8, 4) is 0 Å². The molecule has 0 bridgehead atoms. The topological polar surface area (TPSA) is 76.0 Å². The van der Waals surface area contributed by atoms with Crippen LogP contribution in [0.3, 0.4) is 0 Å². The van der Waals surface area contributed by atoms with E-state index in [1.54, 1.807) is 0 Å². The smallest absolute Gasteiger partial charge is 0.303 e. The number of carbonyl (C=O) groups excluding carboxylic acids is 1. The molecule has 0 radical (unpaired) electrons. The number of hydrogen-bond acceptors (Lipinski definition) is 5. The van der Waals surface area contributed by atoms with Gasteiger partial charge in [0, 0.05) is 19.4 Å². The van der Waals surface area contributed by atoms with E-state index in [9.17, 15) is 15.0 Å². The number of carbonyl (C=O) groups is 1. The largest absolute Gasteiger partial charge is 0.456 e. The molecule has 5 nitrogen and oxygen atoms in total. The zero-order chi connectivity index (χ0) is 14.4. The molecule has 0 amide bonds. The number of aliphatic hydroxyl groups is 2. The monoisotopic (exact) mass is 284 g/mol. The molecule has 5 heteroatoms. The average molecular weight is 284 g/mol. The molecule has 1 saturated heterocycles. The van der Waals surface area contributed by atoms with E-state index >= 15 is 0 Å². The van der Waals surface area contributed by atoms with Gasteiger partial charge in [0.1, 0.15) is 17.3 Å². The first-order valence-corrected chi connectivity index (χ1v) is 7.73. The zero-order valence-electron chi connectivity index (χ0n) is 12.0. The summed E-state index contributed by atoms with van der Waals surface area (Å²) in [6.45, 7) is 1.81. The number of esters is 1. The Bertz CT molecular complexity index is 398. The quantitative estimate of drug-likeness (QED) is 0.707. The summed E-state index contributed by atoms with van der Waals surface area (Å²) >= 11 is 0. The zero-order valence-corrected chi connectivity index (χ0v) is 12.0. The van der Waals surface area contributed by atoms with Crippen molar-refractivity contribution in [1.29, 1.82) is 0 Å². The molecular weight excluding hydrogens is 260 g/mol. The Balaban J connectivity index is 1.94. The van der Waals surface area contributed by atoms with Gasteiger partial charge in [-0.05, 0) is 25.7 Å². The van der Waals surface area contributed by atoms with Gasteiger partial charge < -0.3 is 19.7 Å². The van der Waals surface area contributed by atoms with Crippen molar-refractivity contribution in [2.75, 3.05) is 6.61 Å².